The number of hydrogen-bond acceptors (Lipinski definition) is 4. The van der Waals surface area contributed by atoms with Gasteiger partial charge in [-0.2, -0.15) is 0 Å². The Hall–Kier alpha value is -3.68. The molecule has 0 radical (unpaired) electrons. The zero-order chi connectivity index (χ0) is 27.1. The van der Waals surface area contributed by atoms with Crippen molar-refractivity contribution >= 4 is 28.7 Å². The summed E-state index contributed by atoms with van der Waals surface area (Å²) in [6.07, 6.45) is 1.86. The molecular formula is C32H35N5OS. The molecule has 2 saturated heterocycles. The summed E-state index contributed by atoms with van der Waals surface area (Å²) in [6, 6.07) is 23.8. The van der Waals surface area contributed by atoms with Gasteiger partial charge in [-0.1, -0.05) is 12.1 Å². The molecule has 0 spiro atoms. The summed E-state index contributed by atoms with van der Waals surface area (Å²) in [7, 11) is 0. The number of aryl methyl sites for hydroxylation is 3. The zero-order valence-corrected chi connectivity index (χ0v) is 23.8. The predicted molar refractivity (Wildman–Crippen MR) is 162 cm³/mol. The number of aromatic nitrogens is 2. The lowest BCUT2D eigenvalue weighted by molar-refractivity contribution is 0.122. The molecule has 7 heteroatoms. The molecule has 0 unspecified atom stereocenters. The Labute approximate surface area is 236 Å². The van der Waals surface area contributed by atoms with E-state index in [-0.39, 0.29) is 12.1 Å². The average Bonchev–Trinajstić information content (AvgIpc) is 3.44. The van der Waals surface area contributed by atoms with Crippen molar-refractivity contribution in [3.8, 4) is 5.69 Å². The van der Waals surface area contributed by atoms with Crippen LogP contribution in [0.15, 0.2) is 72.9 Å². The van der Waals surface area contributed by atoms with E-state index in [1.165, 1.54) is 39.5 Å². The second kappa shape index (κ2) is 10.5. The minimum Gasteiger partial charge on any atom is -0.378 e. The average molecular weight is 538 g/mol. The summed E-state index contributed by atoms with van der Waals surface area (Å²) in [5.74, 6) is 0. The highest BCUT2D eigenvalue weighted by Crippen LogP contribution is 2.44. The van der Waals surface area contributed by atoms with E-state index in [4.69, 9.17) is 21.9 Å². The van der Waals surface area contributed by atoms with E-state index >= 15 is 0 Å². The highest BCUT2D eigenvalue weighted by molar-refractivity contribution is 7.80. The maximum Gasteiger partial charge on any atom is 0.174 e. The Bertz CT molecular complexity index is 1470. The number of benzene rings is 2. The van der Waals surface area contributed by atoms with Crippen LogP contribution in [0.25, 0.3) is 5.69 Å². The highest BCUT2D eigenvalue weighted by atomic mass is 32.1. The first-order valence-electron chi connectivity index (χ1n) is 13.6. The molecule has 2 aromatic carbocycles. The number of hydrogen-bond donors (Lipinski definition) is 1. The summed E-state index contributed by atoms with van der Waals surface area (Å²) in [4.78, 5) is 9.38. The summed E-state index contributed by atoms with van der Waals surface area (Å²) in [6.45, 7) is 12.1. The molecule has 0 aliphatic carbocycles. The van der Waals surface area contributed by atoms with Crippen molar-refractivity contribution in [2.75, 3.05) is 36.1 Å². The number of morpholine rings is 1. The lowest BCUT2D eigenvalue weighted by Gasteiger charge is -2.31. The SMILES string of the molecule is Cc1cc(C)cc(-n2c(C)cc([C@H]3[C@H](c4ccccn4)NC(=S)N3c3ccc(N4CCOCC4)cc3)c2C)c1. The lowest BCUT2D eigenvalue weighted by Crippen LogP contribution is -2.36. The molecule has 4 aromatic rings. The first-order valence-corrected chi connectivity index (χ1v) is 14.0. The van der Waals surface area contributed by atoms with Crippen LogP contribution in [0.4, 0.5) is 11.4 Å². The Balaban J connectivity index is 1.44. The van der Waals surface area contributed by atoms with Crippen LogP contribution in [0.2, 0.25) is 0 Å². The van der Waals surface area contributed by atoms with E-state index in [0.29, 0.717) is 5.11 Å². The molecule has 2 aliphatic rings. The highest BCUT2D eigenvalue weighted by Gasteiger charge is 2.42. The van der Waals surface area contributed by atoms with Gasteiger partial charge in [0.2, 0.25) is 0 Å². The van der Waals surface area contributed by atoms with Crippen LogP contribution in [0.5, 0.6) is 0 Å². The fourth-order valence-corrected chi connectivity index (χ4v) is 6.50. The molecule has 0 amide bonds. The van der Waals surface area contributed by atoms with Gasteiger partial charge in [0, 0.05) is 47.7 Å². The van der Waals surface area contributed by atoms with Crippen molar-refractivity contribution in [1.29, 1.82) is 0 Å². The van der Waals surface area contributed by atoms with Crippen molar-refractivity contribution in [1.82, 2.24) is 14.9 Å². The molecule has 39 heavy (non-hydrogen) atoms. The molecule has 4 heterocycles. The number of nitrogens with zero attached hydrogens (tertiary/aromatic N) is 4. The van der Waals surface area contributed by atoms with Gasteiger partial charge in [0.1, 0.15) is 0 Å². The number of anilines is 2. The van der Waals surface area contributed by atoms with E-state index in [1.807, 2.05) is 18.3 Å². The number of thiocarbonyl (C=S) groups is 1. The van der Waals surface area contributed by atoms with Gasteiger partial charge in [0.25, 0.3) is 0 Å². The van der Waals surface area contributed by atoms with Gasteiger partial charge in [-0.3, -0.25) is 4.98 Å². The number of nitrogens with one attached hydrogen (secondary N) is 1. The number of pyridine rings is 1. The van der Waals surface area contributed by atoms with Crippen LogP contribution in [0.1, 0.15) is 45.9 Å². The van der Waals surface area contributed by atoms with Gasteiger partial charge in [-0.15, -0.1) is 0 Å². The van der Waals surface area contributed by atoms with Crippen molar-refractivity contribution < 1.29 is 4.74 Å². The standard InChI is InChI=1S/C32H35N5OS/c1-21-17-22(2)19-27(18-21)36-23(3)20-28(24(36)4)31-30(29-7-5-6-12-33-29)34-32(39)37(31)26-10-8-25(9-11-26)35-13-15-38-16-14-35/h5-12,17-20,30-31H,13-16H2,1-4H3,(H,34,39)/t30-,31-/m0/s1. The van der Waals surface area contributed by atoms with E-state index in [0.717, 1.165) is 37.7 Å². The third kappa shape index (κ3) is 4.81. The van der Waals surface area contributed by atoms with Crippen LogP contribution >= 0.6 is 12.2 Å². The third-order valence-corrected chi connectivity index (χ3v) is 8.17. The number of ether oxygens (including phenoxy) is 1. The molecule has 0 saturated carbocycles. The fourth-order valence-electron chi connectivity index (χ4n) is 6.16. The first kappa shape index (κ1) is 25.6. The normalized spacial score (nSPS) is 19.4. The summed E-state index contributed by atoms with van der Waals surface area (Å²) < 4.78 is 7.91. The summed E-state index contributed by atoms with van der Waals surface area (Å²) in [5, 5.41) is 4.33. The van der Waals surface area contributed by atoms with Crippen LogP contribution in [-0.4, -0.2) is 41.0 Å². The van der Waals surface area contributed by atoms with E-state index in [9.17, 15) is 0 Å². The van der Waals surface area contributed by atoms with E-state index in [2.05, 4.69) is 102 Å². The van der Waals surface area contributed by atoms with Crippen molar-refractivity contribution in [2.24, 2.45) is 0 Å². The molecule has 2 fully saturated rings. The third-order valence-electron chi connectivity index (χ3n) is 7.86. The molecule has 200 valence electrons. The largest absolute Gasteiger partial charge is 0.378 e. The molecule has 2 aliphatic heterocycles. The molecule has 2 aromatic heterocycles. The minimum atomic E-state index is -0.0779. The predicted octanol–water partition coefficient (Wildman–Crippen LogP) is 6.12. The molecule has 0 bridgehead atoms. The smallest absolute Gasteiger partial charge is 0.174 e. The summed E-state index contributed by atoms with van der Waals surface area (Å²) in [5.41, 5.74) is 10.6. The van der Waals surface area contributed by atoms with Gasteiger partial charge in [-0.25, -0.2) is 0 Å². The number of rotatable bonds is 5. The monoisotopic (exact) mass is 537 g/mol. The van der Waals surface area contributed by atoms with Crippen LogP contribution in [0.3, 0.4) is 0 Å². The van der Waals surface area contributed by atoms with Gasteiger partial charge < -0.3 is 24.4 Å². The quantitative estimate of drug-likeness (QED) is 0.310. The molecule has 6 nitrogen and oxygen atoms in total. The van der Waals surface area contributed by atoms with Crippen molar-refractivity contribution in [3.63, 3.8) is 0 Å². The lowest BCUT2D eigenvalue weighted by atomic mass is 9.96. The Kier molecular flexibility index (Phi) is 6.87. The van der Waals surface area contributed by atoms with Gasteiger partial charge in [0.05, 0.1) is 31.0 Å². The second-order valence-electron chi connectivity index (χ2n) is 10.6. The van der Waals surface area contributed by atoms with Gasteiger partial charge >= 0.3 is 0 Å². The van der Waals surface area contributed by atoms with E-state index < -0.39 is 0 Å². The second-order valence-corrected chi connectivity index (χ2v) is 11.0. The Morgan fingerprint density at radius 1 is 0.846 bits per heavy atom. The Morgan fingerprint density at radius 3 is 2.21 bits per heavy atom. The molecular weight excluding hydrogens is 502 g/mol. The molecule has 2 atom stereocenters. The van der Waals surface area contributed by atoms with Gasteiger partial charge in [0.15, 0.2) is 5.11 Å². The topological polar surface area (TPSA) is 45.6 Å². The zero-order valence-electron chi connectivity index (χ0n) is 23.0. The van der Waals surface area contributed by atoms with Crippen molar-refractivity contribution in [3.05, 3.63) is 107 Å². The Morgan fingerprint density at radius 2 is 1.54 bits per heavy atom. The van der Waals surface area contributed by atoms with Gasteiger partial charge in [-0.05, 0) is 111 Å². The van der Waals surface area contributed by atoms with E-state index in [1.54, 1.807) is 0 Å². The van der Waals surface area contributed by atoms with Crippen LogP contribution in [-0.2, 0) is 4.74 Å². The maximum atomic E-state index is 6.00. The van der Waals surface area contributed by atoms with Crippen molar-refractivity contribution in [2.45, 2.75) is 39.8 Å². The first-order chi connectivity index (χ1) is 18.9. The summed E-state index contributed by atoms with van der Waals surface area (Å²) >= 11 is 6.00. The molecule has 1 N–H and O–H groups in total. The molecule has 6 rings (SSSR count). The van der Waals surface area contributed by atoms with Crippen LogP contribution < -0.4 is 15.1 Å². The minimum absolute atomic E-state index is 0.0486. The van der Waals surface area contributed by atoms with Crippen LogP contribution in [0, 0.1) is 27.7 Å². The maximum absolute atomic E-state index is 6.00. The fraction of sp³-hybridized carbons (Fsp3) is 0.312.